The normalized spacial score (nSPS) is 19.3. The summed E-state index contributed by atoms with van der Waals surface area (Å²) in [6, 6.07) is 0. The van der Waals surface area contributed by atoms with Crippen molar-refractivity contribution in [3.63, 3.8) is 0 Å². The SMILES string of the molecule is CCCCCCOC1(CNC(C)(C)C)CCCC1. The number of hydrogen-bond acceptors (Lipinski definition) is 2. The molecule has 0 spiro atoms. The standard InChI is InChI=1S/C16H33NO/c1-5-6-7-10-13-18-16(11-8-9-12-16)14-17-15(2,3)4/h17H,5-14H2,1-4H3. The first-order valence-corrected chi connectivity index (χ1v) is 7.86. The maximum Gasteiger partial charge on any atom is 0.0806 e. The van der Waals surface area contributed by atoms with Gasteiger partial charge in [0.25, 0.3) is 0 Å². The Morgan fingerprint density at radius 2 is 1.72 bits per heavy atom. The minimum atomic E-state index is 0.138. The molecule has 1 fully saturated rings. The minimum Gasteiger partial charge on any atom is -0.374 e. The molecule has 1 rings (SSSR count). The zero-order valence-corrected chi connectivity index (χ0v) is 13.0. The summed E-state index contributed by atoms with van der Waals surface area (Å²) in [6.45, 7) is 10.9. The zero-order chi connectivity index (χ0) is 13.5. The van der Waals surface area contributed by atoms with Crippen molar-refractivity contribution in [2.75, 3.05) is 13.2 Å². The van der Waals surface area contributed by atoms with E-state index in [0.717, 1.165) is 13.2 Å². The number of hydrogen-bond donors (Lipinski definition) is 1. The van der Waals surface area contributed by atoms with Crippen molar-refractivity contribution < 1.29 is 4.74 Å². The molecule has 1 aliphatic rings. The first-order chi connectivity index (χ1) is 8.47. The Bertz CT molecular complexity index is 214. The van der Waals surface area contributed by atoms with Crippen LogP contribution in [0.1, 0.15) is 79.1 Å². The van der Waals surface area contributed by atoms with Crippen molar-refractivity contribution in [3.05, 3.63) is 0 Å². The van der Waals surface area contributed by atoms with E-state index in [9.17, 15) is 0 Å². The molecule has 0 aromatic heterocycles. The molecule has 0 aromatic carbocycles. The summed E-state index contributed by atoms with van der Waals surface area (Å²) in [5.74, 6) is 0. The molecule has 0 heterocycles. The van der Waals surface area contributed by atoms with E-state index < -0.39 is 0 Å². The summed E-state index contributed by atoms with van der Waals surface area (Å²) in [5, 5.41) is 3.63. The fourth-order valence-electron chi connectivity index (χ4n) is 2.64. The highest BCUT2D eigenvalue weighted by Crippen LogP contribution is 2.33. The van der Waals surface area contributed by atoms with Gasteiger partial charge in [-0.15, -0.1) is 0 Å². The molecule has 0 radical (unpaired) electrons. The van der Waals surface area contributed by atoms with Crippen LogP contribution in [0.2, 0.25) is 0 Å². The predicted octanol–water partition coefficient (Wildman–Crippen LogP) is 4.28. The highest BCUT2D eigenvalue weighted by atomic mass is 16.5. The fourth-order valence-corrected chi connectivity index (χ4v) is 2.64. The fraction of sp³-hybridized carbons (Fsp3) is 1.00. The Kier molecular flexibility index (Phi) is 6.65. The molecule has 0 atom stereocenters. The molecule has 2 heteroatoms. The monoisotopic (exact) mass is 255 g/mol. The van der Waals surface area contributed by atoms with Crippen LogP contribution in [0.25, 0.3) is 0 Å². The Labute approximate surface area is 114 Å². The van der Waals surface area contributed by atoms with Crippen LogP contribution in [0, 0.1) is 0 Å². The second-order valence-corrected chi connectivity index (χ2v) is 6.90. The van der Waals surface area contributed by atoms with Crippen molar-refractivity contribution in [1.29, 1.82) is 0 Å². The Balaban J connectivity index is 2.29. The number of ether oxygens (including phenoxy) is 1. The Hall–Kier alpha value is -0.0800. The quantitative estimate of drug-likeness (QED) is 0.653. The molecule has 0 amide bonds. The summed E-state index contributed by atoms with van der Waals surface area (Å²) in [5.41, 5.74) is 0.334. The molecule has 0 saturated heterocycles. The largest absolute Gasteiger partial charge is 0.374 e. The number of nitrogens with one attached hydrogen (secondary N) is 1. The summed E-state index contributed by atoms with van der Waals surface area (Å²) in [6.07, 6.45) is 10.3. The van der Waals surface area contributed by atoms with E-state index in [1.54, 1.807) is 0 Å². The maximum absolute atomic E-state index is 6.27. The molecule has 18 heavy (non-hydrogen) atoms. The minimum absolute atomic E-state index is 0.138. The van der Waals surface area contributed by atoms with Gasteiger partial charge in [-0.1, -0.05) is 39.0 Å². The van der Waals surface area contributed by atoms with Gasteiger partial charge in [-0.2, -0.15) is 0 Å². The average molecular weight is 255 g/mol. The van der Waals surface area contributed by atoms with Crippen molar-refractivity contribution in [1.82, 2.24) is 5.32 Å². The van der Waals surface area contributed by atoms with E-state index in [1.807, 2.05) is 0 Å². The van der Waals surface area contributed by atoms with E-state index >= 15 is 0 Å². The lowest BCUT2D eigenvalue weighted by Crippen LogP contribution is -2.48. The van der Waals surface area contributed by atoms with Gasteiger partial charge in [0.15, 0.2) is 0 Å². The summed E-state index contributed by atoms with van der Waals surface area (Å²) in [7, 11) is 0. The predicted molar refractivity (Wildman–Crippen MR) is 79.0 cm³/mol. The van der Waals surface area contributed by atoms with Crippen LogP contribution in [0.4, 0.5) is 0 Å². The maximum atomic E-state index is 6.27. The van der Waals surface area contributed by atoms with E-state index in [1.165, 1.54) is 51.4 Å². The van der Waals surface area contributed by atoms with Crippen LogP contribution in [-0.4, -0.2) is 24.3 Å². The lowest BCUT2D eigenvalue weighted by atomic mass is 9.99. The van der Waals surface area contributed by atoms with Crippen molar-refractivity contribution in [3.8, 4) is 0 Å². The zero-order valence-electron chi connectivity index (χ0n) is 13.0. The molecule has 1 aliphatic carbocycles. The van der Waals surface area contributed by atoms with Gasteiger partial charge in [-0.05, 0) is 40.0 Å². The van der Waals surface area contributed by atoms with E-state index in [0.29, 0.717) is 0 Å². The van der Waals surface area contributed by atoms with E-state index in [4.69, 9.17) is 4.74 Å². The molecule has 0 aliphatic heterocycles. The van der Waals surface area contributed by atoms with Gasteiger partial charge in [-0.25, -0.2) is 0 Å². The first kappa shape index (κ1) is 16.0. The van der Waals surface area contributed by atoms with Gasteiger partial charge in [0, 0.05) is 18.7 Å². The third kappa shape index (κ3) is 6.19. The molecule has 0 bridgehead atoms. The van der Waals surface area contributed by atoms with Crippen LogP contribution in [0.15, 0.2) is 0 Å². The van der Waals surface area contributed by atoms with Crippen LogP contribution in [0.5, 0.6) is 0 Å². The van der Waals surface area contributed by atoms with Crippen LogP contribution >= 0.6 is 0 Å². The third-order valence-electron chi connectivity index (χ3n) is 3.86. The number of unbranched alkanes of at least 4 members (excludes halogenated alkanes) is 3. The average Bonchev–Trinajstić information content (AvgIpc) is 2.75. The molecule has 1 saturated carbocycles. The van der Waals surface area contributed by atoms with Crippen LogP contribution in [0.3, 0.4) is 0 Å². The van der Waals surface area contributed by atoms with Crippen molar-refractivity contribution in [2.45, 2.75) is 90.2 Å². The first-order valence-electron chi connectivity index (χ1n) is 7.86. The van der Waals surface area contributed by atoms with E-state index in [-0.39, 0.29) is 11.1 Å². The topological polar surface area (TPSA) is 21.3 Å². The van der Waals surface area contributed by atoms with Crippen LogP contribution < -0.4 is 5.32 Å². The second-order valence-electron chi connectivity index (χ2n) is 6.90. The summed E-state index contributed by atoms with van der Waals surface area (Å²) in [4.78, 5) is 0. The lowest BCUT2D eigenvalue weighted by Gasteiger charge is -2.33. The third-order valence-corrected chi connectivity index (χ3v) is 3.86. The van der Waals surface area contributed by atoms with Crippen molar-refractivity contribution >= 4 is 0 Å². The van der Waals surface area contributed by atoms with Gasteiger partial charge in [0.2, 0.25) is 0 Å². The lowest BCUT2D eigenvalue weighted by molar-refractivity contribution is -0.0440. The van der Waals surface area contributed by atoms with Gasteiger partial charge in [0.05, 0.1) is 5.60 Å². The van der Waals surface area contributed by atoms with E-state index in [2.05, 4.69) is 33.0 Å². The highest BCUT2D eigenvalue weighted by molar-refractivity contribution is 4.90. The second kappa shape index (κ2) is 7.49. The van der Waals surface area contributed by atoms with Gasteiger partial charge >= 0.3 is 0 Å². The summed E-state index contributed by atoms with van der Waals surface area (Å²) < 4.78 is 6.27. The smallest absolute Gasteiger partial charge is 0.0806 e. The van der Waals surface area contributed by atoms with Gasteiger partial charge < -0.3 is 10.1 Å². The molecule has 1 N–H and O–H groups in total. The Morgan fingerprint density at radius 1 is 1.06 bits per heavy atom. The molecular weight excluding hydrogens is 222 g/mol. The molecular formula is C16H33NO. The molecule has 108 valence electrons. The molecule has 0 unspecified atom stereocenters. The van der Waals surface area contributed by atoms with Gasteiger partial charge in [-0.3, -0.25) is 0 Å². The van der Waals surface area contributed by atoms with Crippen LogP contribution in [-0.2, 0) is 4.74 Å². The Morgan fingerprint density at radius 3 is 2.28 bits per heavy atom. The summed E-state index contributed by atoms with van der Waals surface area (Å²) >= 11 is 0. The highest BCUT2D eigenvalue weighted by Gasteiger charge is 2.35. The molecule has 0 aromatic rings. The van der Waals surface area contributed by atoms with Gasteiger partial charge in [0.1, 0.15) is 0 Å². The van der Waals surface area contributed by atoms with Crippen molar-refractivity contribution in [2.24, 2.45) is 0 Å². The molecule has 2 nitrogen and oxygen atoms in total. The number of rotatable bonds is 8.